The monoisotopic (exact) mass is 436 g/mol. The van der Waals surface area contributed by atoms with Gasteiger partial charge in [-0.2, -0.15) is 0 Å². The highest BCUT2D eigenvalue weighted by atomic mass is 35.5. The topological polar surface area (TPSA) is 84.9 Å². The average Bonchev–Trinajstić information content (AvgIpc) is 2.90. The van der Waals surface area contributed by atoms with Crippen molar-refractivity contribution in [2.24, 2.45) is 0 Å². The number of nitrogens with one attached hydrogen (secondary N) is 1. The lowest BCUT2D eigenvalue weighted by Gasteiger charge is -2.26. The molecule has 1 amide bonds. The highest BCUT2D eigenvalue weighted by Gasteiger charge is 2.40. The van der Waals surface area contributed by atoms with E-state index in [1.165, 1.54) is 18.2 Å². The summed E-state index contributed by atoms with van der Waals surface area (Å²) in [5.41, 5.74) is 0.183. The second-order valence-corrected chi connectivity index (χ2v) is 9.20. The molecule has 0 bridgehead atoms. The van der Waals surface area contributed by atoms with Crippen molar-refractivity contribution in [1.29, 1.82) is 0 Å². The molecule has 2 aliphatic heterocycles. The Hall–Kier alpha value is -2.29. The number of ether oxygens (including phenoxy) is 2. The van der Waals surface area contributed by atoms with Crippen LogP contribution >= 0.6 is 11.6 Å². The number of nitrogens with zero attached hydrogens (tertiary/aromatic N) is 1. The van der Waals surface area contributed by atoms with Crippen LogP contribution in [0.1, 0.15) is 23.2 Å². The zero-order valence-electron chi connectivity index (χ0n) is 15.6. The van der Waals surface area contributed by atoms with E-state index < -0.39 is 15.9 Å². The summed E-state index contributed by atoms with van der Waals surface area (Å²) in [7, 11) is -3.81. The van der Waals surface area contributed by atoms with Crippen LogP contribution in [0.25, 0.3) is 0 Å². The molecule has 2 aromatic rings. The van der Waals surface area contributed by atoms with Crippen LogP contribution in [0.4, 0.5) is 0 Å². The Bertz CT molecular complexity index is 1030. The van der Waals surface area contributed by atoms with Gasteiger partial charge in [-0.25, -0.2) is 12.7 Å². The molecular formula is C20H21ClN2O5S. The molecule has 0 radical (unpaired) electrons. The first-order valence-electron chi connectivity index (χ1n) is 9.42. The van der Waals surface area contributed by atoms with Crippen molar-refractivity contribution in [1.82, 2.24) is 9.62 Å². The summed E-state index contributed by atoms with van der Waals surface area (Å²) in [6.07, 6.45) is 1.20. The second-order valence-electron chi connectivity index (χ2n) is 6.93. The first kappa shape index (κ1) is 20.0. The van der Waals surface area contributed by atoms with Gasteiger partial charge in [0.05, 0.1) is 5.56 Å². The molecule has 154 valence electrons. The molecule has 1 atom stereocenters. The van der Waals surface area contributed by atoms with Crippen molar-refractivity contribution in [3.05, 3.63) is 53.1 Å². The lowest BCUT2D eigenvalue weighted by Crippen LogP contribution is -2.39. The minimum absolute atomic E-state index is 0.0112. The van der Waals surface area contributed by atoms with Crippen LogP contribution in [-0.4, -0.2) is 51.0 Å². The number of benzene rings is 2. The Kier molecular flexibility index (Phi) is 5.67. The summed E-state index contributed by atoms with van der Waals surface area (Å²) in [6.45, 7) is 1.93. The van der Waals surface area contributed by atoms with Crippen LogP contribution in [0.3, 0.4) is 0 Å². The lowest BCUT2D eigenvalue weighted by atomic mass is 10.2. The van der Waals surface area contributed by atoms with Gasteiger partial charge in [-0.1, -0.05) is 23.7 Å². The highest BCUT2D eigenvalue weighted by Crippen LogP contribution is 2.32. The number of hydrogen-bond acceptors (Lipinski definition) is 6. The lowest BCUT2D eigenvalue weighted by molar-refractivity contribution is 0.0868. The predicted molar refractivity (Wildman–Crippen MR) is 108 cm³/mol. The fraction of sp³-hybridized carbons (Fsp3) is 0.350. The Morgan fingerprint density at radius 2 is 1.93 bits per heavy atom. The number of halogens is 1. The predicted octanol–water partition coefficient (Wildman–Crippen LogP) is 2.69. The van der Waals surface area contributed by atoms with Crippen molar-refractivity contribution in [2.75, 3.05) is 26.2 Å². The zero-order valence-corrected chi connectivity index (χ0v) is 17.2. The van der Waals surface area contributed by atoms with E-state index in [2.05, 4.69) is 5.32 Å². The van der Waals surface area contributed by atoms with E-state index in [0.717, 1.165) is 22.2 Å². The Morgan fingerprint density at radius 3 is 2.76 bits per heavy atom. The van der Waals surface area contributed by atoms with Gasteiger partial charge in [0.2, 0.25) is 0 Å². The number of rotatable bonds is 7. The Labute approximate surface area is 174 Å². The Morgan fingerprint density at radius 1 is 1.14 bits per heavy atom. The fourth-order valence-electron chi connectivity index (χ4n) is 3.40. The SMILES string of the molecule is O=C1c2ccc(Cl)cc2S(=O)(=O)N1CCCCNCC1COc2ccccc2O1. The van der Waals surface area contributed by atoms with Crippen molar-refractivity contribution in [3.63, 3.8) is 0 Å². The summed E-state index contributed by atoms with van der Waals surface area (Å²) < 4.78 is 37.6. The van der Waals surface area contributed by atoms with Crippen LogP contribution in [-0.2, 0) is 10.0 Å². The van der Waals surface area contributed by atoms with Crippen molar-refractivity contribution in [3.8, 4) is 11.5 Å². The third-order valence-corrected chi connectivity index (χ3v) is 6.93. The molecule has 0 fully saturated rings. The molecule has 1 N–H and O–H groups in total. The molecule has 2 heterocycles. The van der Waals surface area contributed by atoms with E-state index in [1.54, 1.807) is 0 Å². The molecule has 0 spiro atoms. The number of para-hydroxylation sites is 2. The molecular weight excluding hydrogens is 416 g/mol. The number of hydrogen-bond donors (Lipinski definition) is 1. The summed E-state index contributed by atoms with van der Waals surface area (Å²) in [4.78, 5) is 12.4. The third kappa shape index (κ3) is 4.05. The van der Waals surface area contributed by atoms with Gasteiger partial charge in [0.15, 0.2) is 11.5 Å². The third-order valence-electron chi connectivity index (χ3n) is 4.87. The maximum atomic E-state index is 12.6. The van der Waals surface area contributed by atoms with Gasteiger partial charge < -0.3 is 14.8 Å². The smallest absolute Gasteiger partial charge is 0.269 e. The van der Waals surface area contributed by atoms with Crippen LogP contribution in [0, 0.1) is 0 Å². The summed E-state index contributed by atoms with van der Waals surface area (Å²) in [6, 6.07) is 11.9. The van der Waals surface area contributed by atoms with Gasteiger partial charge in [-0.3, -0.25) is 4.79 Å². The maximum Gasteiger partial charge on any atom is 0.269 e. The summed E-state index contributed by atoms with van der Waals surface area (Å²) >= 11 is 5.88. The minimum atomic E-state index is -3.81. The van der Waals surface area contributed by atoms with Gasteiger partial charge in [0.25, 0.3) is 15.9 Å². The molecule has 0 saturated heterocycles. The molecule has 7 nitrogen and oxygen atoms in total. The fourth-order valence-corrected chi connectivity index (χ4v) is 5.27. The van der Waals surface area contributed by atoms with Crippen molar-refractivity contribution >= 4 is 27.5 Å². The van der Waals surface area contributed by atoms with E-state index in [-0.39, 0.29) is 23.1 Å². The van der Waals surface area contributed by atoms with E-state index >= 15 is 0 Å². The molecule has 0 aliphatic carbocycles. The van der Waals surface area contributed by atoms with Gasteiger partial charge in [-0.15, -0.1) is 0 Å². The Balaban J connectivity index is 1.21. The number of carbonyl (C=O) groups is 1. The van der Waals surface area contributed by atoms with Gasteiger partial charge in [-0.05, 0) is 49.7 Å². The van der Waals surface area contributed by atoms with E-state index in [1.807, 2.05) is 24.3 Å². The first-order valence-corrected chi connectivity index (χ1v) is 11.2. The number of fused-ring (bicyclic) bond motifs is 2. The first-order chi connectivity index (χ1) is 14.0. The van der Waals surface area contributed by atoms with Crippen LogP contribution < -0.4 is 14.8 Å². The van der Waals surface area contributed by atoms with Crippen molar-refractivity contribution < 1.29 is 22.7 Å². The van der Waals surface area contributed by atoms with Crippen LogP contribution in [0.2, 0.25) is 5.02 Å². The van der Waals surface area contributed by atoms with Gasteiger partial charge in [0, 0.05) is 18.1 Å². The molecule has 9 heteroatoms. The highest BCUT2D eigenvalue weighted by molar-refractivity contribution is 7.90. The second kappa shape index (κ2) is 8.22. The molecule has 0 saturated carbocycles. The number of sulfonamides is 1. The summed E-state index contributed by atoms with van der Waals surface area (Å²) in [5, 5.41) is 3.59. The number of unbranched alkanes of at least 4 members (excludes halogenated alkanes) is 1. The average molecular weight is 437 g/mol. The normalized spacial score (nSPS) is 19.3. The molecule has 29 heavy (non-hydrogen) atoms. The molecule has 0 aromatic heterocycles. The standard InChI is InChI=1S/C20H21ClN2O5S/c21-14-7-8-16-19(11-14)29(25,26)23(20(16)24)10-4-3-9-22-12-15-13-27-17-5-1-2-6-18(17)28-15/h1-2,5-8,11,15,22H,3-4,9-10,12-13H2. The van der Waals surface area contributed by atoms with Gasteiger partial charge in [0.1, 0.15) is 17.6 Å². The van der Waals surface area contributed by atoms with E-state index in [9.17, 15) is 13.2 Å². The minimum Gasteiger partial charge on any atom is -0.486 e. The molecule has 4 rings (SSSR count). The molecule has 2 aromatic carbocycles. The van der Waals surface area contributed by atoms with Crippen molar-refractivity contribution in [2.45, 2.75) is 23.8 Å². The molecule has 1 unspecified atom stereocenters. The van der Waals surface area contributed by atoms with Crippen LogP contribution in [0.5, 0.6) is 11.5 Å². The van der Waals surface area contributed by atoms with E-state index in [0.29, 0.717) is 31.1 Å². The summed E-state index contributed by atoms with van der Waals surface area (Å²) in [5.74, 6) is 1.00. The zero-order chi connectivity index (χ0) is 20.4. The maximum absolute atomic E-state index is 12.6. The number of amides is 1. The van der Waals surface area contributed by atoms with E-state index in [4.69, 9.17) is 21.1 Å². The quantitative estimate of drug-likeness (QED) is 0.672. The van der Waals surface area contributed by atoms with Crippen LogP contribution in [0.15, 0.2) is 47.4 Å². The largest absolute Gasteiger partial charge is 0.486 e. The van der Waals surface area contributed by atoms with Gasteiger partial charge >= 0.3 is 0 Å². The molecule has 2 aliphatic rings. The number of carbonyl (C=O) groups excluding carboxylic acids is 1.